The first kappa shape index (κ1) is 5.33. The van der Waals surface area contributed by atoms with Crippen molar-refractivity contribution in [1.29, 1.82) is 0 Å². The quantitative estimate of drug-likeness (QED) is 0.420. The van der Waals surface area contributed by atoms with Gasteiger partial charge in [-0.2, -0.15) is 0 Å². The van der Waals surface area contributed by atoms with Crippen LogP contribution in [0.2, 0.25) is 0 Å². The molecule has 0 bridgehead atoms. The second kappa shape index (κ2) is 2.56. The van der Waals surface area contributed by atoms with E-state index in [0.717, 1.165) is 0 Å². The van der Waals surface area contributed by atoms with Crippen LogP contribution >= 0.6 is 35.4 Å². The van der Waals surface area contributed by atoms with Crippen molar-refractivity contribution in [3.63, 3.8) is 0 Å². The minimum atomic E-state index is 0.155. The van der Waals surface area contributed by atoms with E-state index in [1.165, 1.54) is 0 Å². The van der Waals surface area contributed by atoms with Gasteiger partial charge in [-0.25, -0.2) is 0 Å². The zero-order chi connectivity index (χ0) is 3.58. The first-order valence-corrected chi connectivity index (χ1v) is 6.76. The molecule has 0 nitrogen and oxygen atoms in total. The van der Waals surface area contributed by atoms with E-state index < -0.39 is 0 Å². The predicted molar refractivity (Wildman–Crippen MR) is 35.2 cm³/mol. The standard InChI is InChI=1S/CH4IP2/c1-4(2)3/h3H,1H3/q+1. The van der Waals surface area contributed by atoms with Gasteiger partial charge in [0.25, 0.3) is 0 Å². The van der Waals surface area contributed by atoms with Gasteiger partial charge in [-0.05, 0) is 0 Å². The van der Waals surface area contributed by atoms with Crippen LogP contribution in [-0.2, 0) is 0 Å². The summed E-state index contributed by atoms with van der Waals surface area (Å²) in [7, 11) is 3.36. The fraction of sp³-hybridized carbons (Fsp3) is 1.00. The first-order valence-electron chi connectivity index (χ1n) is 0.840. The van der Waals surface area contributed by atoms with Crippen LogP contribution < -0.4 is 0 Å². The van der Waals surface area contributed by atoms with E-state index in [2.05, 4.69) is 37.2 Å². The van der Waals surface area contributed by atoms with E-state index in [-0.39, 0.29) is 4.85 Å². The molecule has 4 heavy (non-hydrogen) atoms. The average molecular weight is 205 g/mol. The van der Waals surface area contributed by atoms with Crippen molar-refractivity contribution in [3.8, 4) is 0 Å². The maximum absolute atomic E-state index is 3.36. The molecule has 0 aliphatic carbocycles. The van der Waals surface area contributed by atoms with Crippen molar-refractivity contribution < 1.29 is 0 Å². The molecule has 0 aromatic rings. The molecule has 0 saturated carbocycles. The van der Waals surface area contributed by atoms with E-state index in [1.54, 1.807) is 0 Å². The third kappa shape index (κ3) is 10.2. The summed E-state index contributed by atoms with van der Waals surface area (Å²) in [5.74, 6) is 0. The Morgan fingerprint density at radius 3 is 2.00 bits per heavy atom. The van der Waals surface area contributed by atoms with Gasteiger partial charge in [0.1, 0.15) is 15.2 Å². The molecule has 3 heteroatoms. The summed E-state index contributed by atoms with van der Waals surface area (Å²) in [5.41, 5.74) is 0. The molecule has 0 amide bonds. The lowest BCUT2D eigenvalue weighted by Crippen LogP contribution is -1.07. The molecule has 0 spiro atoms. The van der Waals surface area contributed by atoms with Gasteiger partial charge < -0.3 is 0 Å². The van der Waals surface area contributed by atoms with Gasteiger partial charge in [0.05, 0.1) is 0 Å². The van der Waals surface area contributed by atoms with Crippen LogP contribution in [0.4, 0.5) is 0 Å². The van der Waals surface area contributed by atoms with Crippen LogP contribution in [0, 0.1) is 0 Å². The Labute approximate surface area is 42.3 Å². The number of halogens is 1. The van der Waals surface area contributed by atoms with Gasteiger partial charge >= 0.3 is 0 Å². The Morgan fingerprint density at radius 1 is 2.00 bits per heavy atom. The molecule has 0 aliphatic rings. The minimum Gasteiger partial charge on any atom is 0.107 e. The molecular formula is CH4IP2+. The Kier molecular flexibility index (Phi) is 3.41. The number of hydrogen-bond acceptors (Lipinski definition) is 0. The zero-order valence-corrected chi connectivity index (χ0v) is 6.38. The molecule has 0 radical (unpaired) electrons. The van der Waals surface area contributed by atoms with Crippen molar-refractivity contribution in [2.24, 2.45) is 0 Å². The van der Waals surface area contributed by atoms with E-state index in [4.69, 9.17) is 0 Å². The molecule has 24 valence electrons. The van der Waals surface area contributed by atoms with Crippen LogP contribution in [0.3, 0.4) is 0 Å². The SMILES string of the molecule is C[P+](=P)I. The van der Waals surface area contributed by atoms with E-state index in [9.17, 15) is 0 Å². The molecule has 0 aliphatic heterocycles. The summed E-state index contributed by atoms with van der Waals surface area (Å²) in [6.07, 6.45) is 0. The van der Waals surface area contributed by atoms with Gasteiger partial charge in [-0.3, -0.25) is 0 Å². The molecule has 0 N–H and O–H groups in total. The summed E-state index contributed by atoms with van der Waals surface area (Å²) >= 11 is 2.32. The molecule has 0 aromatic carbocycles. The van der Waals surface area contributed by atoms with Crippen molar-refractivity contribution in [1.82, 2.24) is 0 Å². The predicted octanol–water partition coefficient (Wildman–Crippen LogP) is 2.51. The summed E-state index contributed by atoms with van der Waals surface area (Å²) in [6, 6.07) is 0. The monoisotopic (exact) mass is 205 g/mol. The normalized spacial score (nSPS) is 11.0. The van der Waals surface area contributed by atoms with Gasteiger partial charge in [0, 0.05) is 0 Å². The summed E-state index contributed by atoms with van der Waals surface area (Å²) in [5, 5.41) is 0. The fourth-order valence-electron chi connectivity index (χ4n) is 0. The van der Waals surface area contributed by atoms with Crippen LogP contribution in [-0.4, -0.2) is 6.66 Å². The smallest absolute Gasteiger partial charge is 0.107 e. The lowest BCUT2D eigenvalue weighted by Gasteiger charge is -1.41. The topological polar surface area (TPSA) is 0 Å². The average Bonchev–Trinajstić information content (AvgIpc) is 0.811. The van der Waals surface area contributed by atoms with Crippen LogP contribution in [0.25, 0.3) is 0 Å². The summed E-state index contributed by atoms with van der Waals surface area (Å²) in [6.45, 7) is 2.13. The Balaban J connectivity index is 2.80. The molecule has 1 unspecified atom stereocenters. The second-order valence-electron chi connectivity index (χ2n) is 0.477. The van der Waals surface area contributed by atoms with Crippen LogP contribution in [0.1, 0.15) is 0 Å². The Morgan fingerprint density at radius 2 is 2.00 bits per heavy atom. The summed E-state index contributed by atoms with van der Waals surface area (Å²) < 4.78 is 0. The molecule has 0 fully saturated rings. The molecule has 0 heterocycles. The van der Waals surface area contributed by atoms with Gasteiger partial charge in [0.2, 0.25) is 22.0 Å². The van der Waals surface area contributed by atoms with E-state index in [1.807, 2.05) is 0 Å². The molecule has 0 rings (SSSR count). The summed E-state index contributed by atoms with van der Waals surface area (Å²) in [4.78, 5) is 0.155. The third-order valence-electron chi connectivity index (χ3n) is 0. The maximum atomic E-state index is 3.36. The minimum absolute atomic E-state index is 0.155. The highest BCUT2D eigenvalue weighted by atomic mass is 127. The number of rotatable bonds is 0. The maximum Gasteiger partial charge on any atom is 0.231 e. The Hall–Kier alpha value is 1.33. The molecular weight excluding hydrogens is 201 g/mol. The zero-order valence-electron chi connectivity index (χ0n) is 2.33. The van der Waals surface area contributed by atoms with Crippen molar-refractivity contribution in [2.75, 3.05) is 6.66 Å². The lowest BCUT2D eigenvalue weighted by atomic mass is 12.0. The molecule has 0 saturated heterocycles. The highest BCUT2D eigenvalue weighted by Gasteiger charge is 1.75. The van der Waals surface area contributed by atoms with Crippen LogP contribution in [0.5, 0.6) is 0 Å². The van der Waals surface area contributed by atoms with Gasteiger partial charge in [-0.15, -0.1) is 0 Å². The lowest BCUT2D eigenvalue weighted by molar-refractivity contribution is 2.52. The van der Waals surface area contributed by atoms with Gasteiger partial charge in [0.15, 0.2) is 4.85 Å². The fourth-order valence-corrected chi connectivity index (χ4v) is 0. The third-order valence-corrected chi connectivity index (χ3v) is 0. The first-order chi connectivity index (χ1) is 1.73. The largest absolute Gasteiger partial charge is 0.231 e. The van der Waals surface area contributed by atoms with Crippen molar-refractivity contribution >= 4 is 35.4 Å². The molecule has 0 aromatic heterocycles. The van der Waals surface area contributed by atoms with Crippen molar-refractivity contribution in [3.05, 3.63) is 0 Å². The van der Waals surface area contributed by atoms with Crippen LogP contribution in [0.15, 0.2) is 0 Å². The highest BCUT2D eigenvalue weighted by molar-refractivity contribution is 14.2. The molecule has 1 atom stereocenters. The Bertz CT molecular complexity index is 29.0. The van der Waals surface area contributed by atoms with Gasteiger partial charge in [-0.1, -0.05) is 0 Å². The van der Waals surface area contributed by atoms with E-state index >= 15 is 0 Å². The van der Waals surface area contributed by atoms with Crippen molar-refractivity contribution in [2.45, 2.75) is 0 Å². The highest BCUT2D eigenvalue weighted by Crippen LogP contribution is 2.31. The number of hydrogen-bond donors (Lipinski definition) is 0. The van der Waals surface area contributed by atoms with E-state index in [0.29, 0.717) is 0 Å². The second-order valence-corrected chi connectivity index (χ2v) is 10.5.